The molecule has 3 aromatic rings. The normalized spacial score (nSPS) is 10.8. The molecule has 1 N–H and O–H groups in total. The first-order chi connectivity index (χ1) is 13.0. The number of carbonyl (C=O) groups excluding carboxylic acids is 1. The van der Waals surface area contributed by atoms with Crippen molar-refractivity contribution in [2.75, 3.05) is 5.75 Å². The Morgan fingerprint density at radius 2 is 2.19 bits per heavy atom. The molecule has 142 valence electrons. The average molecular weight is 427 g/mol. The summed E-state index contributed by atoms with van der Waals surface area (Å²) < 4.78 is 12.6. The maximum Gasteiger partial charge on any atom is 0.230 e. The van der Waals surface area contributed by atoms with E-state index in [0.29, 0.717) is 39.1 Å². The first-order valence-corrected chi connectivity index (χ1v) is 9.65. The first-order valence-electron chi connectivity index (χ1n) is 7.91. The van der Waals surface area contributed by atoms with Gasteiger partial charge in [-0.1, -0.05) is 35.0 Å². The summed E-state index contributed by atoms with van der Waals surface area (Å²) in [6, 6.07) is 8.58. The predicted molar refractivity (Wildman–Crippen MR) is 103 cm³/mol. The van der Waals surface area contributed by atoms with Crippen molar-refractivity contribution in [2.45, 2.75) is 18.3 Å². The quantitative estimate of drug-likeness (QED) is 0.552. The third-order valence-electron chi connectivity index (χ3n) is 3.55. The van der Waals surface area contributed by atoms with Gasteiger partial charge in [-0.25, -0.2) is 0 Å². The summed E-state index contributed by atoms with van der Waals surface area (Å²) in [5.74, 6) is 1.92. The highest BCUT2D eigenvalue weighted by molar-refractivity contribution is 7.99. The van der Waals surface area contributed by atoms with Crippen LogP contribution in [-0.4, -0.2) is 26.4 Å². The van der Waals surface area contributed by atoms with Gasteiger partial charge in [0.15, 0.2) is 11.0 Å². The Hall–Kier alpha value is -2.16. The van der Waals surface area contributed by atoms with Crippen LogP contribution in [0.25, 0.3) is 0 Å². The van der Waals surface area contributed by atoms with Gasteiger partial charge in [0.2, 0.25) is 5.91 Å². The lowest BCUT2D eigenvalue weighted by molar-refractivity contribution is -0.118. The molecule has 1 amide bonds. The Morgan fingerprint density at radius 3 is 2.93 bits per heavy atom. The Bertz CT molecular complexity index is 915. The number of nitrogens with zero attached hydrogens (tertiary/aromatic N) is 3. The molecule has 0 saturated carbocycles. The molecule has 0 aliphatic carbocycles. The third-order valence-corrected chi connectivity index (χ3v) is 5.10. The van der Waals surface area contributed by atoms with E-state index >= 15 is 0 Å². The molecule has 27 heavy (non-hydrogen) atoms. The standard InChI is InChI=1S/C17H16Cl2N4O3S/c1-23-15(9-26-14-5-4-11(18)7-13(14)19)21-22-17(23)27-10-16(24)20-8-12-3-2-6-25-12/h2-7H,8-10H2,1H3,(H,20,24). The summed E-state index contributed by atoms with van der Waals surface area (Å²) in [6.45, 7) is 0.544. The summed E-state index contributed by atoms with van der Waals surface area (Å²) in [4.78, 5) is 11.9. The molecule has 2 aromatic heterocycles. The number of nitrogens with one attached hydrogen (secondary N) is 1. The van der Waals surface area contributed by atoms with Crippen LogP contribution in [0.4, 0.5) is 0 Å². The van der Waals surface area contributed by atoms with E-state index in [0.717, 1.165) is 0 Å². The SMILES string of the molecule is Cn1c(COc2ccc(Cl)cc2Cl)nnc1SCC(=O)NCc1ccco1. The largest absolute Gasteiger partial charge is 0.484 e. The maximum absolute atomic E-state index is 11.9. The second kappa shape index (κ2) is 9.16. The van der Waals surface area contributed by atoms with E-state index in [1.165, 1.54) is 11.8 Å². The topological polar surface area (TPSA) is 82.2 Å². The molecule has 0 bridgehead atoms. The number of carbonyl (C=O) groups is 1. The number of ether oxygens (including phenoxy) is 1. The van der Waals surface area contributed by atoms with Gasteiger partial charge in [-0.05, 0) is 30.3 Å². The van der Waals surface area contributed by atoms with Crippen molar-refractivity contribution in [3.8, 4) is 5.75 Å². The zero-order valence-electron chi connectivity index (χ0n) is 14.3. The number of amides is 1. The van der Waals surface area contributed by atoms with Gasteiger partial charge in [-0.15, -0.1) is 10.2 Å². The van der Waals surface area contributed by atoms with Crippen LogP contribution in [0.2, 0.25) is 10.0 Å². The molecule has 7 nitrogen and oxygen atoms in total. The number of rotatable bonds is 8. The van der Waals surface area contributed by atoms with Crippen molar-refractivity contribution in [1.29, 1.82) is 0 Å². The van der Waals surface area contributed by atoms with Gasteiger partial charge in [-0.3, -0.25) is 4.79 Å². The molecule has 1 aromatic carbocycles. The second-order valence-corrected chi connectivity index (χ2v) is 7.25. The molecule has 0 aliphatic heterocycles. The number of thioether (sulfide) groups is 1. The fourth-order valence-electron chi connectivity index (χ4n) is 2.11. The summed E-state index contributed by atoms with van der Waals surface area (Å²) in [6.07, 6.45) is 1.57. The lowest BCUT2D eigenvalue weighted by Crippen LogP contribution is -2.24. The average Bonchev–Trinajstić information content (AvgIpc) is 3.28. The number of hydrogen-bond donors (Lipinski definition) is 1. The summed E-state index contributed by atoms with van der Waals surface area (Å²) in [5, 5.41) is 12.5. The van der Waals surface area contributed by atoms with Gasteiger partial charge >= 0.3 is 0 Å². The zero-order chi connectivity index (χ0) is 19.2. The van der Waals surface area contributed by atoms with E-state index in [4.69, 9.17) is 32.4 Å². The molecular formula is C17H16Cl2N4O3S. The van der Waals surface area contributed by atoms with Crippen LogP contribution >= 0.6 is 35.0 Å². The van der Waals surface area contributed by atoms with E-state index in [1.54, 1.807) is 41.2 Å². The number of hydrogen-bond acceptors (Lipinski definition) is 6. The summed E-state index contributed by atoms with van der Waals surface area (Å²) >= 11 is 13.2. The molecule has 2 heterocycles. The molecule has 10 heteroatoms. The minimum atomic E-state index is -0.120. The fourth-order valence-corrected chi connectivity index (χ4v) is 3.33. The molecule has 0 spiro atoms. The zero-order valence-corrected chi connectivity index (χ0v) is 16.6. The lowest BCUT2D eigenvalue weighted by Gasteiger charge is -2.08. The number of aromatic nitrogens is 3. The first kappa shape index (κ1) is 19.6. The van der Waals surface area contributed by atoms with Crippen molar-refractivity contribution in [3.05, 3.63) is 58.2 Å². The van der Waals surface area contributed by atoms with Crippen LogP contribution in [0.3, 0.4) is 0 Å². The van der Waals surface area contributed by atoms with Crippen LogP contribution in [0, 0.1) is 0 Å². The Kier molecular flexibility index (Phi) is 6.65. The van der Waals surface area contributed by atoms with Gasteiger partial charge in [-0.2, -0.15) is 0 Å². The highest BCUT2D eigenvalue weighted by Gasteiger charge is 2.13. The third kappa shape index (κ3) is 5.41. The highest BCUT2D eigenvalue weighted by Crippen LogP contribution is 2.28. The van der Waals surface area contributed by atoms with Crippen LogP contribution in [0.5, 0.6) is 5.75 Å². The monoisotopic (exact) mass is 426 g/mol. The van der Waals surface area contributed by atoms with Crippen molar-refractivity contribution in [1.82, 2.24) is 20.1 Å². The van der Waals surface area contributed by atoms with Crippen molar-refractivity contribution >= 4 is 40.9 Å². The maximum atomic E-state index is 11.9. The van der Waals surface area contributed by atoms with Crippen LogP contribution in [0.1, 0.15) is 11.6 Å². The van der Waals surface area contributed by atoms with Crippen LogP contribution in [-0.2, 0) is 25.0 Å². The number of furan rings is 1. The molecule has 0 fully saturated rings. The van der Waals surface area contributed by atoms with Crippen molar-refractivity contribution in [3.63, 3.8) is 0 Å². The van der Waals surface area contributed by atoms with Crippen LogP contribution in [0.15, 0.2) is 46.2 Å². The van der Waals surface area contributed by atoms with E-state index in [1.807, 2.05) is 7.05 Å². The van der Waals surface area contributed by atoms with Gasteiger partial charge in [0.1, 0.15) is 18.1 Å². The Labute approximate surface area is 170 Å². The van der Waals surface area contributed by atoms with Gasteiger partial charge in [0.25, 0.3) is 0 Å². The highest BCUT2D eigenvalue weighted by atomic mass is 35.5. The van der Waals surface area contributed by atoms with Gasteiger partial charge in [0, 0.05) is 12.1 Å². The molecule has 0 saturated heterocycles. The second-order valence-electron chi connectivity index (χ2n) is 5.47. The summed E-state index contributed by atoms with van der Waals surface area (Å²) in [7, 11) is 1.81. The van der Waals surface area contributed by atoms with E-state index in [-0.39, 0.29) is 18.3 Å². The van der Waals surface area contributed by atoms with Crippen molar-refractivity contribution in [2.24, 2.45) is 7.05 Å². The minimum absolute atomic E-state index is 0.120. The van der Waals surface area contributed by atoms with E-state index in [9.17, 15) is 4.79 Å². The van der Waals surface area contributed by atoms with Crippen LogP contribution < -0.4 is 10.1 Å². The molecule has 3 rings (SSSR count). The Morgan fingerprint density at radius 1 is 1.33 bits per heavy atom. The summed E-state index contributed by atoms with van der Waals surface area (Å²) in [5.41, 5.74) is 0. The van der Waals surface area contributed by atoms with Crippen molar-refractivity contribution < 1.29 is 13.9 Å². The lowest BCUT2D eigenvalue weighted by atomic mass is 10.3. The van der Waals surface area contributed by atoms with Gasteiger partial charge in [0.05, 0.1) is 23.6 Å². The van der Waals surface area contributed by atoms with Gasteiger partial charge < -0.3 is 19.0 Å². The molecule has 0 aliphatic rings. The molecular weight excluding hydrogens is 411 g/mol. The number of benzene rings is 1. The predicted octanol–water partition coefficient (Wildman–Crippen LogP) is 3.70. The molecule has 0 radical (unpaired) electrons. The molecule has 0 atom stereocenters. The number of halogens is 2. The smallest absolute Gasteiger partial charge is 0.230 e. The fraction of sp³-hybridized carbons (Fsp3) is 0.235. The Balaban J connectivity index is 1.50. The van der Waals surface area contributed by atoms with E-state index in [2.05, 4.69) is 15.5 Å². The molecule has 0 unspecified atom stereocenters. The van der Waals surface area contributed by atoms with E-state index < -0.39 is 0 Å². The minimum Gasteiger partial charge on any atom is -0.484 e.